The van der Waals surface area contributed by atoms with Crippen molar-refractivity contribution in [3.63, 3.8) is 0 Å². The first kappa shape index (κ1) is 21.9. The van der Waals surface area contributed by atoms with Gasteiger partial charge < -0.3 is 14.4 Å². The zero-order valence-corrected chi connectivity index (χ0v) is 19.6. The van der Waals surface area contributed by atoms with Gasteiger partial charge in [0, 0.05) is 35.4 Å². The Morgan fingerprint density at radius 1 is 1.12 bits per heavy atom. The molecule has 0 aliphatic heterocycles. The van der Waals surface area contributed by atoms with Crippen LogP contribution >= 0.6 is 11.3 Å². The quantitative estimate of drug-likeness (QED) is 0.377. The van der Waals surface area contributed by atoms with E-state index in [0.717, 1.165) is 39.0 Å². The maximum Gasteiger partial charge on any atom is 0.229 e. The third-order valence-electron chi connectivity index (χ3n) is 5.44. The maximum absolute atomic E-state index is 13.2. The lowest BCUT2D eigenvalue weighted by molar-refractivity contribution is -0.132. The number of fused-ring (bicyclic) bond motifs is 1. The zero-order chi connectivity index (χ0) is 22.7. The Balaban J connectivity index is 1.61. The zero-order valence-electron chi connectivity index (χ0n) is 18.7. The van der Waals surface area contributed by atoms with Crippen LogP contribution in [-0.4, -0.2) is 40.5 Å². The normalized spacial score (nSPS) is 11.2. The molecule has 0 aliphatic carbocycles. The van der Waals surface area contributed by atoms with Gasteiger partial charge in [0.15, 0.2) is 4.96 Å². The summed E-state index contributed by atoms with van der Waals surface area (Å²) in [6.07, 6.45) is 2.28. The fourth-order valence-electron chi connectivity index (χ4n) is 3.70. The fraction of sp³-hybridized carbons (Fsp3) is 0.280. The van der Waals surface area contributed by atoms with Crippen LogP contribution in [0.15, 0.2) is 60.1 Å². The summed E-state index contributed by atoms with van der Waals surface area (Å²) in [6, 6.07) is 15.8. The maximum atomic E-state index is 13.2. The first-order valence-electron chi connectivity index (χ1n) is 10.5. The Hall–Kier alpha value is -3.32. The molecule has 2 aromatic carbocycles. The molecule has 6 nitrogen and oxygen atoms in total. The molecule has 0 atom stereocenters. The second-order valence-corrected chi connectivity index (χ2v) is 8.69. The van der Waals surface area contributed by atoms with Crippen molar-refractivity contribution in [2.24, 2.45) is 0 Å². The number of benzene rings is 2. The minimum absolute atomic E-state index is 0.0952. The second-order valence-electron chi connectivity index (χ2n) is 7.85. The predicted octanol–water partition coefficient (Wildman–Crippen LogP) is 5.06. The average Bonchev–Trinajstić information content (AvgIpc) is 3.39. The van der Waals surface area contributed by atoms with Crippen molar-refractivity contribution in [2.75, 3.05) is 14.2 Å². The molecule has 0 radical (unpaired) electrons. The largest absolute Gasteiger partial charge is 0.497 e. The van der Waals surface area contributed by atoms with Crippen molar-refractivity contribution in [2.45, 2.75) is 32.9 Å². The summed E-state index contributed by atoms with van der Waals surface area (Å²) >= 11 is 1.53. The first-order valence-corrected chi connectivity index (χ1v) is 11.4. The lowest BCUT2D eigenvalue weighted by Crippen LogP contribution is -2.37. The highest BCUT2D eigenvalue weighted by Crippen LogP contribution is 2.34. The van der Waals surface area contributed by atoms with E-state index in [1.165, 1.54) is 11.3 Å². The van der Waals surface area contributed by atoms with Crippen LogP contribution in [0.25, 0.3) is 16.2 Å². The molecule has 0 spiro atoms. The van der Waals surface area contributed by atoms with Crippen LogP contribution < -0.4 is 9.47 Å². The van der Waals surface area contributed by atoms with Gasteiger partial charge in [-0.2, -0.15) is 0 Å². The topological polar surface area (TPSA) is 56.1 Å². The second kappa shape index (κ2) is 9.44. The van der Waals surface area contributed by atoms with Gasteiger partial charge >= 0.3 is 0 Å². The number of aromatic nitrogens is 2. The molecular weight excluding hydrogens is 422 g/mol. The van der Waals surface area contributed by atoms with Gasteiger partial charge in [-0.25, -0.2) is 4.98 Å². The first-order chi connectivity index (χ1) is 15.5. The molecule has 2 aromatic heterocycles. The van der Waals surface area contributed by atoms with Crippen molar-refractivity contribution in [3.05, 3.63) is 71.4 Å². The number of methoxy groups -OCH3 is 2. The summed E-state index contributed by atoms with van der Waals surface area (Å²) in [5.74, 6) is 1.56. The van der Waals surface area contributed by atoms with Gasteiger partial charge in [-0.1, -0.05) is 30.3 Å². The molecule has 7 heteroatoms. The van der Waals surface area contributed by atoms with Gasteiger partial charge in [0.1, 0.15) is 11.5 Å². The van der Waals surface area contributed by atoms with Crippen LogP contribution in [0.4, 0.5) is 0 Å². The number of carbonyl (C=O) groups excluding carboxylic acids is 1. The average molecular weight is 450 g/mol. The number of hydrogen-bond acceptors (Lipinski definition) is 5. The van der Waals surface area contributed by atoms with Crippen LogP contribution in [0, 0.1) is 0 Å². The Morgan fingerprint density at radius 3 is 2.59 bits per heavy atom. The highest BCUT2D eigenvalue weighted by molar-refractivity contribution is 7.15. The molecule has 0 aliphatic rings. The van der Waals surface area contributed by atoms with Crippen LogP contribution in [0.1, 0.15) is 25.1 Å². The van der Waals surface area contributed by atoms with Gasteiger partial charge in [0.2, 0.25) is 5.91 Å². The SMILES string of the molecule is COc1ccc(OC)c(-c2cn3c(CC(=O)N(Cc4ccccc4)C(C)C)csc3n2)c1. The van der Waals surface area contributed by atoms with E-state index in [-0.39, 0.29) is 11.9 Å². The Kier molecular flexibility index (Phi) is 6.46. The number of imidazole rings is 1. The van der Waals surface area contributed by atoms with E-state index in [4.69, 9.17) is 14.5 Å². The number of ether oxygens (including phenoxy) is 2. The molecule has 0 bridgehead atoms. The third-order valence-corrected chi connectivity index (χ3v) is 6.33. The summed E-state index contributed by atoms with van der Waals surface area (Å²) in [7, 11) is 3.28. The van der Waals surface area contributed by atoms with Gasteiger partial charge in [0.05, 0.1) is 26.3 Å². The van der Waals surface area contributed by atoms with Crippen molar-refractivity contribution < 1.29 is 14.3 Å². The van der Waals surface area contributed by atoms with E-state index in [0.29, 0.717) is 13.0 Å². The molecule has 4 aromatic rings. The molecule has 166 valence electrons. The lowest BCUT2D eigenvalue weighted by Gasteiger charge is -2.27. The number of rotatable bonds is 8. The molecule has 0 N–H and O–H groups in total. The highest BCUT2D eigenvalue weighted by atomic mass is 32.1. The number of carbonyl (C=O) groups is 1. The summed E-state index contributed by atoms with van der Waals surface area (Å²) < 4.78 is 12.9. The van der Waals surface area contributed by atoms with E-state index in [1.54, 1.807) is 14.2 Å². The molecule has 0 unspecified atom stereocenters. The molecule has 4 rings (SSSR count). The van der Waals surface area contributed by atoms with E-state index >= 15 is 0 Å². The molecule has 0 saturated carbocycles. The fourth-order valence-corrected chi connectivity index (χ4v) is 4.57. The monoisotopic (exact) mass is 449 g/mol. The number of nitrogens with zero attached hydrogens (tertiary/aromatic N) is 3. The van der Waals surface area contributed by atoms with Crippen LogP contribution in [0.2, 0.25) is 0 Å². The molecule has 0 saturated heterocycles. The lowest BCUT2D eigenvalue weighted by atomic mass is 10.1. The number of hydrogen-bond donors (Lipinski definition) is 0. The summed E-state index contributed by atoms with van der Waals surface area (Å²) in [5.41, 5.74) is 3.69. The van der Waals surface area contributed by atoms with E-state index in [2.05, 4.69) is 26.0 Å². The van der Waals surface area contributed by atoms with Crippen molar-refractivity contribution in [3.8, 4) is 22.8 Å². The van der Waals surface area contributed by atoms with E-state index in [9.17, 15) is 4.79 Å². The van der Waals surface area contributed by atoms with E-state index in [1.807, 2.05) is 57.3 Å². The van der Waals surface area contributed by atoms with Crippen molar-refractivity contribution >= 4 is 22.2 Å². The van der Waals surface area contributed by atoms with Gasteiger partial charge in [-0.15, -0.1) is 11.3 Å². The Labute approximate surface area is 192 Å². The standard InChI is InChI=1S/C25H27N3O3S/c1-17(2)27(14-18-8-6-5-7-9-18)24(29)12-19-16-32-25-26-22(15-28(19)25)21-13-20(30-3)10-11-23(21)31-4/h5-11,13,15-17H,12,14H2,1-4H3. The summed E-state index contributed by atoms with van der Waals surface area (Å²) in [5, 5.41) is 2.01. The van der Waals surface area contributed by atoms with Gasteiger partial charge in [-0.05, 0) is 37.6 Å². The summed E-state index contributed by atoms with van der Waals surface area (Å²) in [4.78, 5) is 20.7. The highest BCUT2D eigenvalue weighted by Gasteiger charge is 2.21. The Morgan fingerprint density at radius 2 is 1.91 bits per heavy atom. The van der Waals surface area contributed by atoms with Crippen LogP contribution in [-0.2, 0) is 17.8 Å². The van der Waals surface area contributed by atoms with Crippen molar-refractivity contribution in [1.82, 2.24) is 14.3 Å². The molecular formula is C25H27N3O3S. The van der Waals surface area contributed by atoms with Crippen LogP contribution in [0.5, 0.6) is 11.5 Å². The molecule has 2 heterocycles. The van der Waals surface area contributed by atoms with Gasteiger partial charge in [-0.3, -0.25) is 9.20 Å². The number of amides is 1. The van der Waals surface area contributed by atoms with Crippen LogP contribution in [0.3, 0.4) is 0 Å². The Bertz CT molecular complexity index is 1210. The van der Waals surface area contributed by atoms with Crippen molar-refractivity contribution in [1.29, 1.82) is 0 Å². The minimum atomic E-state index is 0.0952. The number of thiazole rings is 1. The van der Waals surface area contributed by atoms with E-state index < -0.39 is 0 Å². The molecule has 32 heavy (non-hydrogen) atoms. The third kappa shape index (κ3) is 4.48. The summed E-state index contributed by atoms with van der Waals surface area (Å²) in [6.45, 7) is 4.70. The minimum Gasteiger partial charge on any atom is -0.497 e. The van der Waals surface area contributed by atoms with Gasteiger partial charge in [0.25, 0.3) is 0 Å². The molecule has 0 fully saturated rings. The smallest absolute Gasteiger partial charge is 0.229 e. The predicted molar refractivity (Wildman–Crippen MR) is 127 cm³/mol. The molecule has 1 amide bonds.